The average Bonchev–Trinajstić information content (AvgIpc) is 3.56. The topological polar surface area (TPSA) is 115 Å². The number of aromatic hydroxyl groups is 1. The molecule has 0 saturated carbocycles. The van der Waals surface area contributed by atoms with Gasteiger partial charge in [0.2, 0.25) is 11.8 Å². The van der Waals surface area contributed by atoms with E-state index >= 15 is 0 Å². The van der Waals surface area contributed by atoms with Crippen LogP contribution in [0.15, 0.2) is 84.9 Å². The zero-order chi connectivity index (χ0) is 39.8. The third-order valence-corrected chi connectivity index (χ3v) is 14.5. The molecule has 11 rings (SSSR count). The highest BCUT2D eigenvalue weighted by Gasteiger charge is 2.48. The number of carbonyl (C=O) groups is 3. The molecule has 4 aromatic carbocycles. The molecule has 3 amide bonds. The van der Waals surface area contributed by atoms with Crippen LogP contribution in [0.2, 0.25) is 0 Å². The van der Waals surface area contributed by atoms with Gasteiger partial charge >= 0.3 is 0 Å². The molecule has 6 heterocycles. The molecule has 4 saturated heterocycles. The molecule has 4 fully saturated rings. The number of piperazine rings is 1. The Kier molecular flexibility index (Phi) is 8.96. The third kappa shape index (κ3) is 6.53. The summed E-state index contributed by atoms with van der Waals surface area (Å²) in [5.41, 5.74) is 9.00. The highest BCUT2D eigenvalue weighted by Crippen LogP contribution is 2.48. The number of rotatable bonds is 6. The second-order valence-corrected chi connectivity index (χ2v) is 18.1. The summed E-state index contributed by atoms with van der Waals surface area (Å²) < 4.78 is 13.0. The van der Waals surface area contributed by atoms with Gasteiger partial charge in [0, 0.05) is 69.4 Å². The van der Waals surface area contributed by atoms with E-state index in [4.69, 9.17) is 9.47 Å². The number of piperidine rings is 1. The molecule has 304 valence electrons. The molecule has 11 nitrogen and oxygen atoms in total. The van der Waals surface area contributed by atoms with Crippen LogP contribution in [-0.2, 0) is 27.3 Å². The molecule has 0 bridgehead atoms. The lowest BCUT2D eigenvalue weighted by molar-refractivity contribution is -0.136. The average molecular weight is 794 g/mol. The van der Waals surface area contributed by atoms with Crippen molar-refractivity contribution in [1.29, 1.82) is 0 Å². The minimum absolute atomic E-state index is 0.0626. The summed E-state index contributed by atoms with van der Waals surface area (Å²) in [6.45, 7) is 7.37. The first kappa shape index (κ1) is 36.7. The van der Waals surface area contributed by atoms with E-state index < -0.39 is 11.9 Å². The van der Waals surface area contributed by atoms with Crippen molar-refractivity contribution < 1.29 is 29.0 Å². The normalized spacial score (nSPS) is 27.3. The minimum atomic E-state index is -0.626. The number of nitrogens with one attached hydrogen (secondary N) is 1. The number of phenolic OH excluding ortho intramolecular Hbond substituents is 1. The molecule has 0 aromatic heterocycles. The van der Waals surface area contributed by atoms with Crippen LogP contribution in [0.3, 0.4) is 0 Å². The summed E-state index contributed by atoms with van der Waals surface area (Å²) in [6, 6.07) is 29.6. The first-order valence-corrected chi connectivity index (χ1v) is 21.6. The van der Waals surface area contributed by atoms with Crippen LogP contribution in [0.4, 0.5) is 11.4 Å². The Morgan fingerprint density at radius 3 is 2.46 bits per heavy atom. The fourth-order valence-electron chi connectivity index (χ4n) is 11.3. The molecule has 2 N–H and O–H groups in total. The van der Waals surface area contributed by atoms with E-state index in [1.54, 1.807) is 4.90 Å². The predicted octanol–water partition coefficient (Wildman–Crippen LogP) is 5.58. The van der Waals surface area contributed by atoms with Crippen molar-refractivity contribution in [3.8, 4) is 11.5 Å². The molecular weight excluding hydrogens is 743 g/mol. The van der Waals surface area contributed by atoms with Crippen LogP contribution < -0.4 is 19.9 Å². The molecule has 59 heavy (non-hydrogen) atoms. The van der Waals surface area contributed by atoms with Gasteiger partial charge < -0.3 is 29.3 Å². The van der Waals surface area contributed by atoms with Crippen molar-refractivity contribution in [2.45, 2.75) is 74.6 Å². The number of hydrogen-bond acceptors (Lipinski definition) is 9. The van der Waals surface area contributed by atoms with Crippen LogP contribution in [0.5, 0.6) is 11.5 Å². The van der Waals surface area contributed by atoms with Gasteiger partial charge in [0.25, 0.3) is 5.91 Å². The maximum atomic E-state index is 13.4. The fourth-order valence-corrected chi connectivity index (χ4v) is 11.3. The Balaban J connectivity index is 0.687. The van der Waals surface area contributed by atoms with Crippen LogP contribution >= 0.6 is 0 Å². The van der Waals surface area contributed by atoms with Crippen molar-refractivity contribution in [3.63, 3.8) is 0 Å². The number of anilines is 2. The van der Waals surface area contributed by atoms with Gasteiger partial charge in [-0.25, -0.2) is 0 Å². The van der Waals surface area contributed by atoms with Gasteiger partial charge in [-0.15, -0.1) is 0 Å². The largest absolute Gasteiger partial charge is 0.508 e. The lowest BCUT2D eigenvalue weighted by atomic mass is 9.69. The Morgan fingerprint density at radius 2 is 1.66 bits per heavy atom. The monoisotopic (exact) mass is 793 g/mol. The number of carbonyl (C=O) groups excluding carboxylic acids is 3. The quantitative estimate of drug-likeness (QED) is 0.242. The molecule has 1 spiro atoms. The van der Waals surface area contributed by atoms with Gasteiger partial charge in [0.1, 0.15) is 29.7 Å². The Hall–Kier alpha value is -5.39. The van der Waals surface area contributed by atoms with Crippen molar-refractivity contribution >= 4 is 29.1 Å². The number of hydrogen-bond donors (Lipinski definition) is 2. The third-order valence-electron chi connectivity index (χ3n) is 14.5. The molecule has 1 aliphatic carbocycles. The SMILES string of the molecule is O=C1CC[C@H](N2Cc3cc4c(cc3C2=O)OC[C@@H]2CN(CC3CCC5(CN(c6ccc([C@@H]7c8ccc(O)cc8CC[C@@H]7c7ccccc7)cc6)C5)OC3)CCN42)C(=O)N1. The molecule has 0 radical (unpaired) electrons. The fraction of sp³-hybridized carbons (Fsp3) is 0.438. The number of aryl methyl sites for hydroxylation is 1. The van der Waals surface area contributed by atoms with E-state index in [0.29, 0.717) is 42.7 Å². The summed E-state index contributed by atoms with van der Waals surface area (Å²) in [6.07, 6.45) is 4.87. The number of amides is 3. The smallest absolute Gasteiger partial charge is 0.255 e. The van der Waals surface area contributed by atoms with E-state index in [1.165, 1.54) is 34.4 Å². The van der Waals surface area contributed by atoms with Gasteiger partial charge in [-0.1, -0.05) is 48.5 Å². The second kappa shape index (κ2) is 14.4. The van der Waals surface area contributed by atoms with Crippen molar-refractivity contribution in [2.75, 3.05) is 62.3 Å². The molecule has 7 aliphatic rings. The second-order valence-electron chi connectivity index (χ2n) is 18.1. The number of phenols is 1. The summed E-state index contributed by atoms with van der Waals surface area (Å²) >= 11 is 0. The standard InChI is InChI=1S/C48H51N5O6/c54-37-11-13-39-33(20-37)8-12-38(31-4-2-1-3-5-31)45(39)32-6-9-35(10-7-32)51-28-48(29-51)17-16-30(26-59-48)23-50-18-19-52-36(25-50)27-58-43-22-40-34(21-42(43)52)24-53(47(40)57)41-14-15-44(55)49-46(41)56/h1-7,9-11,13,20-22,30,36,38,41,45,54H,8,12,14-19,23-29H2,(H,49,55,56)/t30?,36-,38+,41-,45-/m0/s1. The maximum absolute atomic E-state index is 13.4. The van der Waals surface area contributed by atoms with E-state index in [0.717, 1.165) is 82.1 Å². The van der Waals surface area contributed by atoms with Gasteiger partial charge in [0.05, 0.1) is 18.3 Å². The molecule has 4 aromatic rings. The molecule has 11 heteroatoms. The zero-order valence-electron chi connectivity index (χ0n) is 33.4. The van der Waals surface area contributed by atoms with Gasteiger partial charge in [0.15, 0.2) is 0 Å². The summed E-state index contributed by atoms with van der Waals surface area (Å²) in [7, 11) is 0. The van der Waals surface area contributed by atoms with Crippen LogP contribution in [0.1, 0.15) is 82.1 Å². The predicted molar refractivity (Wildman–Crippen MR) is 223 cm³/mol. The van der Waals surface area contributed by atoms with E-state index in [1.807, 2.05) is 18.2 Å². The van der Waals surface area contributed by atoms with E-state index in [2.05, 4.69) is 86.7 Å². The molecule has 6 aliphatic heterocycles. The first-order valence-electron chi connectivity index (χ1n) is 21.6. The summed E-state index contributed by atoms with van der Waals surface area (Å²) in [4.78, 5) is 46.7. The Morgan fingerprint density at radius 1 is 0.814 bits per heavy atom. The maximum Gasteiger partial charge on any atom is 0.255 e. The number of nitrogens with zero attached hydrogens (tertiary/aromatic N) is 4. The number of ether oxygens (including phenoxy) is 2. The van der Waals surface area contributed by atoms with E-state index in [-0.39, 0.29) is 35.8 Å². The molecule has 5 atom stereocenters. The highest BCUT2D eigenvalue weighted by molar-refractivity contribution is 6.06. The van der Waals surface area contributed by atoms with Crippen molar-refractivity contribution in [2.24, 2.45) is 5.92 Å². The number of fused-ring (bicyclic) bond motifs is 5. The van der Waals surface area contributed by atoms with E-state index in [9.17, 15) is 19.5 Å². The number of imide groups is 1. The minimum Gasteiger partial charge on any atom is -0.508 e. The number of benzene rings is 4. The molecule has 1 unspecified atom stereocenters. The Labute approximate surface area is 344 Å². The van der Waals surface area contributed by atoms with Crippen LogP contribution in [0.25, 0.3) is 0 Å². The van der Waals surface area contributed by atoms with Gasteiger partial charge in [-0.05, 0) is 108 Å². The highest BCUT2D eigenvalue weighted by atomic mass is 16.5. The zero-order valence-corrected chi connectivity index (χ0v) is 33.4. The summed E-state index contributed by atoms with van der Waals surface area (Å²) in [5.74, 6) is 1.37. The Bertz CT molecular complexity index is 2300. The van der Waals surface area contributed by atoms with Crippen LogP contribution in [-0.4, -0.2) is 103 Å². The van der Waals surface area contributed by atoms with Gasteiger partial charge in [-0.2, -0.15) is 0 Å². The van der Waals surface area contributed by atoms with Crippen molar-refractivity contribution in [3.05, 3.63) is 118 Å². The lowest BCUT2D eigenvalue weighted by Crippen LogP contribution is -2.65. The first-order chi connectivity index (χ1) is 28.8. The lowest BCUT2D eigenvalue weighted by Gasteiger charge is -2.54. The van der Waals surface area contributed by atoms with Crippen LogP contribution in [0, 0.1) is 5.92 Å². The summed E-state index contributed by atoms with van der Waals surface area (Å²) in [5, 5.41) is 12.6. The van der Waals surface area contributed by atoms with Gasteiger partial charge in [-0.3, -0.25) is 24.6 Å². The molecular formula is C48H51N5O6. The van der Waals surface area contributed by atoms with Crippen molar-refractivity contribution in [1.82, 2.24) is 15.1 Å².